The zero-order chi connectivity index (χ0) is 11.1. The van der Waals surface area contributed by atoms with Gasteiger partial charge in [0.15, 0.2) is 0 Å². The maximum atomic E-state index is 5.51. The van der Waals surface area contributed by atoms with Gasteiger partial charge in [-0.05, 0) is 32.1 Å². The van der Waals surface area contributed by atoms with Crippen LogP contribution in [0.2, 0.25) is 0 Å². The van der Waals surface area contributed by atoms with E-state index >= 15 is 0 Å². The molecule has 80 valence electrons. The third-order valence-corrected chi connectivity index (χ3v) is 2.03. The molecule has 3 heteroatoms. The van der Waals surface area contributed by atoms with Gasteiger partial charge < -0.3 is 0 Å². The molecule has 0 fully saturated rings. The summed E-state index contributed by atoms with van der Waals surface area (Å²) in [6.07, 6.45) is 5.96. The molecule has 0 spiro atoms. The van der Waals surface area contributed by atoms with Gasteiger partial charge in [-0.25, -0.2) is 0 Å². The molecule has 1 aromatic rings. The molecule has 15 heavy (non-hydrogen) atoms. The van der Waals surface area contributed by atoms with Gasteiger partial charge >= 0.3 is 0 Å². The van der Waals surface area contributed by atoms with Gasteiger partial charge in [-0.15, -0.1) is 0 Å². The minimum atomic E-state index is 1.01. The van der Waals surface area contributed by atoms with Crippen LogP contribution in [0.15, 0.2) is 54.3 Å². The lowest BCUT2D eigenvalue weighted by atomic mass is 10.2. The number of nitrogens with zero attached hydrogens (tertiary/aromatic N) is 1. The highest BCUT2D eigenvalue weighted by Gasteiger charge is 2.05. The number of hydrogen-bond donors (Lipinski definition) is 2. The SMILES string of the molecule is C/C=C\C(=C/C)N(NN)c1ccccc1. The van der Waals surface area contributed by atoms with Crippen molar-refractivity contribution in [2.75, 3.05) is 5.01 Å². The third-order valence-electron chi connectivity index (χ3n) is 2.03. The Hall–Kier alpha value is -1.58. The maximum Gasteiger partial charge on any atom is 0.0591 e. The van der Waals surface area contributed by atoms with E-state index in [4.69, 9.17) is 5.84 Å². The van der Waals surface area contributed by atoms with Gasteiger partial charge in [0.1, 0.15) is 0 Å². The third kappa shape index (κ3) is 2.94. The number of anilines is 1. The van der Waals surface area contributed by atoms with Crippen molar-refractivity contribution in [2.45, 2.75) is 13.8 Å². The van der Waals surface area contributed by atoms with Crippen LogP contribution >= 0.6 is 0 Å². The second-order valence-corrected chi connectivity index (χ2v) is 3.01. The van der Waals surface area contributed by atoms with Crippen molar-refractivity contribution in [1.29, 1.82) is 0 Å². The van der Waals surface area contributed by atoms with Gasteiger partial charge in [0, 0.05) is 0 Å². The summed E-state index contributed by atoms with van der Waals surface area (Å²) in [6, 6.07) is 9.91. The Balaban J connectivity index is 2.98. The molecule has 0 heterocycles. The molecule has 1 aromatic carbocycles. The molecule has 0 aliphatic carbocycles. The predicted octanol–water partition coefficient (Wildman–Crippen LogP) is 2.35. The Morgan fingerprint density at radius 1 is 1.27 bits per heavy atom. The topological polar surface area (TPSA) is 41.3 Å². The van der Waals surface area contributed by atoms with Crippen LogP contribution in [0.3, 0.4) is 0 Å². The number of nitrogens with two attached hydrogens (primary N) is 1. The highest BCUT2D eigenvalue weighted by atomic mass is 15.6. The fourth-order valence-corrected chi connectivity index (χ4v) is 1.35. The van der Waals surface area contributed by atoms with Crippen molar-refractivity contribution in [1.82, 2.24) is 5.53 Å². The molecule has 0 unspecified atom stereocenters. The van der Waals surface area contributed by atoms with E-state index in [-0.39, 0.29) is 0 Å². The molecule has 0 aliphatic heterocycles. The average Bonchev–Trinajstić information content (AvgIpc) is 2.30. The van der Waals surface area contributed by atoms with Crippen molar-refractivity contribution < 1.29 is 0 Å². The number of benzene rings is 1. The summed E-state index contributed by atoms with van der Waals surface area (Å²) in [4.78, 5) is 0. The number of hydrazine groups is 2. The van der Waals surface area contributed by atoms with Crippen molar-refractivity contribution >= 4 is 5.69 Å². The molecule has 0 saturated heterocycles. The lowest BCUT2D eigenvalue weighted by molar-refractivity contribution is 0.731. The standard InChI is InChI=1S/C12H17N3/c1-3-8-11(4-2)15(14-13)12-9-6-5-7-10-12/h3-10,14H,13H2,1-2H3/b8-3-,11-4+. The molecular formula is C12H17N3. The number of para-hydroxylation sites is 1. The van der Waals surface area contributed by atoms with E-state index in [2.05, 4.69) is 5.53 Å². The molecule has 0 saturated carbocycles. The van der Waals surface area contributed by atoms with Gasteiger partial charge in [0.05, 0.1) is 11.4 Å². The molecule has 0 bridgehead atoms. The summed E-state index contributed by atoms with van der Waals surface area (Å²) in [7, 11) is 0. The fraction of sp³-hybridized carbons (Fsp3) is 0.167. The predicted molar refractivity (Wildman–Crippen MR) is 64.8 cm³/mol. The van der Waals surface area contributed by atoms with Gasteiger partial charge in [-0.2, -0.15) is 5.53 Å². The molecule has 0 atom stereocenters. The van der Waals surface area contributed by atoms with E-state index < -0.39 is 0 Å². The Labute approximate surface area is 90.8 Å². The van der Waals surface area contributed by atoms with Crippen LogP contribution in [-0.2, 0) is 0 Å². The van der Waals surface area contributed by atoms with Crippen molar-refractivity contribution in [2.24, 2.45) is 5.84 Å². The van der Waals surface area contributed by atoms with Crippen LogP contribution < -0.4 is 16.4 Å². The first-order valence-corrected chi connectivity index (χ1v) is 4.94. The minimum Gasteiger partial charge on any atom is -0.264 e. The van der Waals surface area contributed by atoms with Crippen LogP contribution in [0.4, 0.5) is 5.69 Å². The largest absolute Gasteiger partial charge is 0.264 e. The van der Waals surface area contributed by atoms with Crippen LogP contribution in [-0.4, -0.2) is 0 Å². The summed E-state index contributed by atoms with van der Waals surface area (Å²) in [5.41, 5.74) is 4.68. The van der Waals surface area contributed by atoms with E-state index in [0.29, 0.717) is 0 Å². The summed E-state index contributed by atoms with van der Waals surface area (Å²) in [6.45, 7) is 3.95. The first kappa shape index (κ1) is 11.5. The lowest BCUT2D eigenvalue weighted by Crippen LogP contribution is -2.41. The van der Waals surface area contributed by atoms with E-state index in [1.54, 1.807) is 0 Å². The quantitative estimate of drug-likeness (QED) is 0.448. The van der Waals surface area contributed by atoms with Crippen LogP contribution in [0.25, 0.3) is 0 Å². The van der Waals surface area contributed by atoms with E-state index in [9.17, 15) is 0 Å². The van der Waals surface area contributed by atoms with Crippen LogP contribution in [0.1, 0.15) is 13.8 Å². The minimum absolute atomic E-state index is 1.01. The molecular weight excluding hydrogens is 186 g/mol. The smallest absolute Gasteiger partial charge is 0.0591 e. The normalized spacial score (nSPS) is 12.1. The fourth-order valence-electron chi connectivity index (χ4n) is 1.35. The molecule has 3 nitrogen and oxygen atoms in total. The number of hydrogen-bond acceptors (Lipinski definition) is 3. The summed E-state index contributed by atoms with van der Waals surface area (Å²) >= 11 is 0. The second kappa shape index (κ2) is 6.01. The van der Waals surface area contributed by atoms with Crippen molar-refractivity contribution in [3.8, 4) is 0 Å². The Bertz CT molecular complexity index is 341. The second-order valence-electron chi connectivity index (χ2n) is 3.01. The Kier molecular flexibility index (Phi) is 4.60. The Morgan fingerprint density at radius 3 is 2.40 bits per heavy atom. The average molecular weight is 203 g/mol. The lowest BCUT2D eigenvalue weighted by Gasteiger charge is -2.23. The molecule has 0 radical (unpaired) electrons. The zero-order valence-electron chi connectivity index (χ0n) is 9.14. The highest BCUT2D eigenvalue weighted by Crippen LogP contribution is 2.16. The first-order valence-electron chi connectivity index (χ1n) is 4.94. The maximum absolute atomic E-state index is 5.51. The van der Waals surface area contributed by atoms with Crippen LogP contribution in [0.5, 0.6) is 0 Å². The summed E-state index contributed by atoms with van der Waals surface area (Å²) in [5.74, 6) is 5.51. The van der Waals surface area contributed by atoms with E-state index in [1.165, 1.54) is 0 Å². The van der Waals surface area contributed by atoms with E-state index in [1.807, 2.05) is 67.4 Å². The highest BCUT2D eigenvalue weighted by molar-refractivity contribution is 5.52. The molecule has 0 aromatic heterocycles. The van der Waals surface area contributed by atoms with Gasteiger partial charge in [-0.1, -0.05) is 30.4 Å². The van der Waals surface area contributed by atoms with Crippen molar-refractivity contribution in [3.05, 3.63) is 54.3 Å². The number of nitrogens with one attached hydrogen (secondary N) is 1. The molecule has 0 aliphatic rings. The summed E-state index contributed by atoms with van der Waals surface area (Å²) < 4.78 is 0. The van der Waals surface area contributed by atoms with Gasteiger partial charge in [-0.3, -0.25) is 10.9 Å². The van der Waals surface area contributed by atoms with Gasteiger partial charge in [0.2, 0.25) is 0 Å². The first-order chi connectivity index (χ1) is 7.33. The Morgan fingerprint density at radius 2 is 1.93 bits per heavy atom. The monoisotopic (exact) mass is 203 g/mol. The van der Waals surface area contributed by atoms with E-state index in [0.717, 1.165) is 11.4 Å². The van der Waals surface area contributed by atoms with Crippen molar-refractivity contribution in [3.63, 3.8) is 0 Å². The molecule has 0 amide bonds. The zero-order valence-corrected chi connectivity index (χ0v) is 9.14. The number of allylic oxidation sites excluding steroid dienone is 3. The van der Waals surface area contributed by atoms with Crippen LogP contribution in [0, 0.1) is 0 Å². The molecule has 3 N–H and O–H groups in total. The summed E-state index contributed by atoms with van der Waals surface area (Å²) in [5, 5.41) is 1.82. The molecule has 1 rings (SSSR count). The number of rotatable bonds is 4. The van der Waals surface area contributed by atoms with Gasteiger partial charge in [0.25, 0.3) is 0 Å².